The number of piperidine rings is 1. The molecule has 6 nitrogen and oxygen atoms in total. The summed E-state index contributed by atoms with van der Waals surface area (Å²) in [7, 11) is -1.87. The first-order valence-corrected chi connectivity index (χ1v) is 22.4. The van der Waals surface area contributed by atoms with Gasteiger partial charge in [0.1, 0.15) is 5.78 Å². The first kappa shape index (κ1) is 47.6. The van der Waals surface area contributed by atoms with E-state index in [0.29, 0.717) is 46.5 Å². The minimum absolute atomic E-state index is 0. The van der Waals surface area contributed by atoms with Crippen molar-refractivity contribution in [1.29, 1.82) is 0 Å². The van der Waals surface area contributed by atoms with Crippen LogP contribution in [0.3, 0.4) is 0 Å². The molecule has 1 heterocycles. The second kappa shape index (κ2) is 20.1. The summed E-state index contributed by atoms with van der Waals surface area (Å²) in [5.74, 6) is 2.27. The molecule has 50 heavy (non-hydrogen) atoms. The Balaban J connectivity index is 0.000000260. The number of nitrogens with one attached hydrogen (secondary N) is 3. The molecule has 1 saturated heterocycles. The van der Waals surface area contributed by atoms with Gasteiger partial charge >= 0.3 is 51.4 Å². The maximum Gasteiger partial charge on any atom is 1.00 e. The second-order valence-electron chi connectivity index (χ2n) is 19.2. The Kier molecular flexibility index (Phi) is 19.1. The van der Waals surface area contributed by atoms with Crippen molar-refractivity contribution in [3.8, 4) is 0 Å². The van der Waals surface area contributed by atoms with Gasteiger partial charge in [-0.1, -0.05) is 59.3 Å². The predicted octanol–water partition coefficient (Wildman–Crippen LogP) is 6.38. The zero-order valence-corrected chi connectivity index (χ0v) is 39.3. The van der Waals surface area contributed by atoms with Gasteiger partial charge in [0, 0.05) is 23.4 Å². The molecule has 7 atom stereocenters. The molecule has 0 aromatic heterocycles. The van der Waals surface area contributed by atoms with E-state index in [4.69, 9.17) is 0 Å². The van der Waals surface area contributed by atoms with Gasteiger partial charge < -0.3 is 12.7 Å². The summed E-state index contributed by atoms with van der Waals surface area (Å²) in [6, 6.07) is 0.900. The van der Waals surface area contributed by atoms with Crippen LogP contribution >= 0.6 is 0 Å². The van der Waals surface area contributed by atoms with Crippen molar-refractivity contribution in [2.45, 2.75) is 199 Å². The van der Waals surface area contributed by atoms with E-state index in [0.717, 1.165) is 19.5 Å². The van der Waals surface area contributed by atoms with Crippen molar-refractivity contribution >= 4 is 27.8 Å². The van der Waals surface area contributed by atoms with Crippen LogP contribution in [0.4, 0.5) is 0 Å². The van der Waals surface area contributed by atoms with E-state index in [1.165, 1.54) is 109 Å². The fraction of sp³-hybridized carbons (Fsp3) is 0.951. The Morgan fingerprint density at radius 1 is 0.600 bits per heavy atom. The molecule has 0 radical (unpaired) electrons. The van der Waals surface area contributed by atoms with E-state index >= 15 is 0 Å². The SMILES string of the molecule is CC1CCC2(CCCCC2)C1=O.CC1CCC2(CCCCC2)[C@@H]1N[S@](=O)C(C)(C)C.CC1CCC2(CCNCC2)[C@@H]1N[S@](=O)C(C)(C)C.[CH3-].[K+]. The number of rotatable bonds is 4. The van der Waals surface area contributed by atoms with Gasteiger partial charge in [-0.3, -0.25) is 4.79 Å². The molecule has 1 aliphatic heterocycles. The molecule has 6 aliphatic rings. The van der Waals surface area contributed by atoms with Crippen molar-refractivity contribution in [3.05, 3.63) is 7.43 Å². The van der Waals surface area contributed by atoms with Gasteiger partial charge in [-0.15, -0.1) is 0 Å². The summed E-state index contributed by atoms with van der Waals surface area (Å²) in [5, 5.41) is 3.45. The molecule has 288 valence electrons. The summed E-state index contributed by atoms with van der Waals surface area (Å²) < 4.78 is 31.4. The summed E-state index contributed by atoms with van der Waals surface area (Å²) in [4.78, 5) is 11.9. The van der Waals surface area contributed by atoms with Gasteiger partial charge in [-0.2, -0.15) is 0 Å². The van der Waals surface area contributed by atoms with Gasteiger partial charge in [-0.05, 0) is 154 Å². The predicted molar refractivity (Wildman–Crippen MR) is 212 cm³/mol. The average molecular weight is 764 g/mol. The molecule has 5 aliphatic carbocycles. The third kappa shape index (κ3) is 11.8. The number of hydrogen-bond donors (Lipinski definition) is 3. The van der Waals surface area contributed by atoms with E-state index < -0.39 is 22.0 Å². The van der Waals surface area contributed by atoms with Crippen LogP contribution in [-0.4, -0.2) is 48.9 Å². The minimum Gasteiger partial charge on any atom is -0.358 e. The third-order valence-corrected chi connectivity index (χ3v) is 16.7. The number of carbonyl (C=O) groups excluding carboxylic acids is 1. The average Bonchev–Trinajstić information content (AvgIpc) is 3.61. The summed E-state index contributed by atoms with van der Waals surface area (Å²) >= 11 is 0. The van der Waals surface area contributed by atoms with E-state index in [1.54, 1.807) is 0 Å². The van der Waals surface area contributed by atoms with Crippen molar-refractivity contribution in [3.63, 3.8) is 0 Å². The zero-order chi connectivity index (χ0) is 35.4. The molecule has 3 unspecified atom stereocenters. The van der Waals surface area contributed by atoms with Gasteiger partial charge in [0.25, 0.3) is 0 Å². The van der Waals surface area contributed by atoms with Crippen LogP contribution in [0, 0.1) is 41.4 Å². The Hall–Kier alpha value is 1.49. The van der Waals surface area contributed by atoms with Crippen LogP contribution < -0.4 is 66.1 Å². The van der Waals surface area contributed by atoms with Crippen molar-refractivity contribution in [2.75, 3.05) is 13.1 Å². The van der Waals surface area contributed by atoms with Gasteiger partial charge in [-0.25, -0.2) is 17.9 Å². The molecule has 6 rings (SSSR count). The van der Waals surface area contributed by atoms with Crippen molar-refractivity contribution < 1.29 is 64.6 Å². The largest absolute Gasteiger partial charge is 1.00 e. The topological polar surface area (TPSA) is 87.3 Å². The van der Waals surface area contributed by atoms with Crippen LogP contribution in [0.5, 0.6) is 0 Å². The third-order valence-electron chi connectivity index (χ3n) is 13.5. The molecule has 3 spiro atoms. The molecule has 3 N–H and O–H groups in total. The standard InChI is InChI=1S/C15H29NOS.C14H28N2OS.C11H18O.CH3.K/c1-12-8-11-15(9-6-5-7-10-15)13(12)16-18(17)14(2,3)4;1-11-5-6-14(7-9-15-10-8-14)12(11)16-18(17)13(2,3)4;1-9-5-8-11(10(9)12)6-3-2-4-7-11;;/h12-13,16H,5-11H2,1-4H3;11-12,15-16H,5-10H2,1-4H3;9H,2-8H2,1H3;1H3;/q;;;-1;+1/t12?,13-,18-;11?,12-,18-;;;/m11.../s1. The van der Waals surface area contributed by atoms with E-state index in [1.807, 2.05) is 20.8 Å². The first-order valence-electron chi connectivity index (χ1n) is 20.1. The smallest absolute Gasteiger partial charge is 0.358 e. The maximum atomic E-state index is 12.4. The minimum atomic E-state index is -0.946. The molecule has 0 amide bonds. The van der Waals surface area contributed by atoms with Gasteiger partial charge in [0.05, 0.1) is 31.5 Å². The van der Waals surface area contributed by atoms with Crippen LogP contribution in [0.25, 0.3) is 0 Å². The molecule has 5 saturated carbocycles. The Bertz CT molecular complexity index is 1020. The van der Waals surface area contributed by atoms with Crippen LogP contribution in [-0.2, 0) is 26.8 Å². The number of Topliss-reactive ketones (excluding diaryl/α,β-unsaturated/α-hetero) is 1. The summed E-state index contributed by atoms with van der Waals surface area (Å²) in [6.45, 7) is 21.3. The van der Waals surface area contributed by atoms with Crippen molar-refractivity contribution in [1.82, 2.24) is 14.8 Å². The van der Waals surface area contributed by atoms with Crippen LogP contribution in [0.2, 0.25) is 0 Å². The molecule has 9 heteroatoms. The molecule has 0 aromatic carbocycles. The molecular weight excluding hydrogens is 686 g/mol. The second-order valence-corrected chi connectivity index (χ2v) is 23.2. The number of hydrogen-bond acceptors (Lipinski definition) is 4. The van der Waals surface area contributed by atoms with Crippen LogP contribution in [0.1, 0.15) is 178 Å². The number of ketones is 1. The molecule has 0 bridgehead atoms. The summed E-state index contributed by atoms with van der Waals surface area (Å²) in [6.07, 6.45) is 23.2. The molecular formula is C41H78KN3O3S2. The monoisotopic (exact) mass is 764 g/mol. The Labute approximate surface area is 357 Å². The first-order chi connectivity index (χ1) is 22.4. The Morgan fingerprint density at radius 2 is 1.00 bits per heavy atom. The van der Waals surface area contributed by atoms with Crippen LogP contribution in [0.15, 0.2) is 0 Å². The fourth-order valence-electron chi connectivity index (χ4n) is 10.2. The normalized spacial score (nSPS) is 32.6. The Morgan fingerprint density at radius 3 is 1.38 bits per heavy atom. The van der Waals surface area contributed by atoms with Crippen molar-refractivity contribution in [2.24, 2.45) is 34.0 Å². The van der Waals surface area contributed by atoms with E-state index in [9.17, 15) is 13.2 Å². The van der Waals surface area contributed by atoms with E-state index in [2.05, 4.69) is 56.3 Å². The molecule has 0 aromatic rings. The van der Waals surface area contributed by atoms with E-state index in [-0.39, 0.29) is 73.7 Å². The van der Waals surface area contributed by atoms with Gasteiger partial charge in [0.2, 0.25) is 0 Å². The number of carbonyl (C=O) groups is 1. The van der Waals surface area contributed by atoms with Gasteiger partial charge in [0.15, 0.2) is 0 Å². The zero-order valence-electron chi connectivity index (χ0n) is 34.6. The summed E-state index contributed by atoms with van der Waals surface area (Å²) in [5.41, 5.74) is 1.02. The molecule has 6 fully saturated rings. The fourth-order valence-corrected chi connectivity index (χ4v) is 12.4. The maximum absolute atomic E-state index is 12.4. The quantitative estimate of drug-likeness (QED) is 0.229.